The maximum atomic E-state index is 12.1. The Morgan fingerprint density at radius 2 is 1.88 bits per heavy atom. The van der Waals surface area contributed by atoms with Gasteiger partial charge in [-0.3, -0.25) is 9.59 Å². The summed E-state index contributed by atoms with van der Waals surface area (Å²) < 4.78 is 0. The zero-order valence-electron chi connectivity index (χ0n) is 20.1. The Kier molecular flexibility index (Phi) is 12.4. The van der Waals surface area contributed by atoms with Crippen molar-refractivity contribution in [3.63, 3.8) is 0 Å². The van der Waals surface area contributed by atoms with Gasteiger partial charge in [-0.2, -0.15) is 5.10 Å². The lowest BCUT2D eigenvalue weighted by molar-refractivity contribution is -0.109. The van der Waals surface area contributed by atoms with Crippen molar-refractivity contribution in [2.45, 2.75) is 26.7 Å². The van der Waals surface area contributed by atoms with E-state index >= 15 is 0 Å². The van der Waals surface area contributed by atoms with Crippen LogP contribution in [0.25, 0.3) is 0 Å². The van der Waals surface area contributed by atoms with Crippen LogP contribution in [0, 0.1) is 0 Å². The van der Waals surface area contributed by atoms with Crippen LogP contribution >= 0.6 is 0 Å². The minimum Gasteiger partial charge on any atom is -0.373 e. The van der Waals surface area contributed by atoms with Crippen LogP contribution in [-0.2, 0) is 11.2 Å². The van der Waals surface area contributed by atoms with Crippen molar-refractivity contribution in [1.82, 2.24) is 20.9 Å². The summed E-state index contributed by atoms with van der Waals surface area (Å²) >= 11 is 0. The van der Waals surface area contributed by atoms with Crippen LogP contribution < -0.4 is 26.3 Å². The summed E-state index contributed by atoms with van der Waals surface area (Å²) in [7, 11) is 5.19. The first-order chi connectivity index (χ1) is 16.0. The topological polar surface area (TPSA) is 111 Å². The van der Waals surface area contributed by atoms with Gasteiger partial charge < -0.3 is 21.3 Å². The second-order valence-corrected chi connectivity index (χ2v) is 6.99. The largest absolute Gasteiger partial charge is 0.373 e. The molecule has 0 aliphatic carbocycles. The highest BCUT2D eigenvalue weighted by atomic mass is 16.1. The highest BCUT2D eigenvalue weighted by molar-refractivity contribution is 5.98. The molecule has 9 heteroatoms. The molecule has 0 unspecified atom stereocenters. The number of nitrogens with zero attached hydrogens (tertiary/aromatic N) is 3. The number of nitrogens with one attached hydrogen (secondary N) is 4. The van der Waals surface area contributed by atoms with E-state index in [4.69, 9.17) is 0 Å². The average Bonchev–Trinajstić information content (AvgIpc) is 2.86. The number of hydrazone groups is 1. The number of benzene rings is 1. The zero-order chi connectivity index (χ0) is 24.6. The van der Waals surface area contributed by atoms with E-state index < -0.39 is 0 Å². The molecule has 0 spiro atoms. The minimum atomic E-state index is -0.178. The van der Waals surface area contributed by atoms with Crippen LogP contribution in [-0.4, -0.2) is 51.7 Å². The summed E-state index contributed by atoms with van der Waals surface area (Å²) in [5.41, 5.74) is 3.38. The summed E-state index contributed by atoms with van der Waals surface area (Å²) in [5, 5.41) is 17.2. The van der Waals surface area contributed by atoms with Gasteiger partial charge in [0.15, 0.2) is 0 Å². The lowest BCUT2D eigenvalue weighted by atomic mass is 10.1. The molecule has 0 radical (unpaired) electrons. The van der Waals surface area contributed by atoms with Crippen molar-refractivity contribution in [2.75, 3.05) is 38.0 Å². The standard InChI is InChI=1S/C20H26N6O.C4H9NO/c1-14(19(22-3)26(24-5)16-9-7-6-8-10-16)11-15-12-17(20(27)23-4)18(21-2)25-13-15;1-2-3-5-4-6/h6-10,12-13,22H,5,11H2,1-4H3,(H,21,25)(H,23,27);4H,2-3H2,1H3,(H,5,6)/b19-14-;. The Morgan fingerprint density at radius 1 is 1.18 bits per heavy atom. The number of hydrogen-bond acceptors (Lipinski definition) is 7. The van der Waals surface area contributed by atoms with E-state index in [1.54, 1.807) is 25.3 Å². The Hall–Kier alpha value is -3.88. The molecule has 2 rings (SSSR count). The number of para-hydroxylation sites is 1. The van der Waals surface area contributed by atoms with Crippen LogP contribution in [0.3, 0.4) is 0 Å². The molecule has 2 amide bonds. The van der Waals surface area contributed by atoms with Crippen molar-refractivity contribution < 1.29 is 9.59 Å². The summed E-state index contributed by atoms with van der Waals surface area (Å²) in [6.45, 7) is 8.51. The molecule has 178 valence electrons. The maximum Gasteiger partial charge on any atom is 0.254 e. The van der Waals surface area contributed by atoms with E-state index in [0.29, 0.717) is 24.2 Å². The van der Waals surface area contributed by atoms with E-state index in [2.05, 4.69) is 38.1 Å². The highest BCUT2D eigenvalue weighted by Gasteiger charge is 2.15. The van der Waals surface area contributed by atoms with Crippen LogP contribution in [0.5, 0.6) is 0 Å². The Balaban J connectivity index is 0.000000801. The fourth-order valence-corrected chi connectivity index (χ4v) is 3.06. The quantitative estimate of drug-likeness (QED) is 0.180. The van der Waals surface area contributed by atoms with Crippen molar-refractivity contribution in [2.24, 2.45) is 5.10 Å². The predicted octanol–water partition coefficient (Wildman–Crippen LogP) is 2.74. The molecular weight excluding hydrogens is 418 g/mol. The monoisotopic (exact) mass is 453 g/mol. The highest BCUT2D eigenvalue weighted by Crippen LogP contribution is 2.22. The molecule has 0 bridgehead atoms. The second-order valence-electron chi connectivity index (χ2n) is 6.99. The lowest BCUT2D eigenvalue weighted by Crippen LogP contribution is -2.27. The van der Waals surface area contributed by atoms with Gasteiger partial charge in [0, 0.05) is 40.6 Å². The third-order valence-corrected chi connectivity index (χ3v) is 4.59. The van der Waals surface area contributed by atoms with E-state index in [9.17, 15) is 9.59 Å². The van der Waals surface area contributed by atoms with Gasteiger partial charge in [-0.15, -0.1) is 0 Å². The van der Waals surface area contributed by atoms with E-state index in [1.807, 2.05) is 57.3 Å². The van der Waals surface area contributed by atoms with Gasteiger partial charge in [-0.05, 0) is 49.1 Å². The van der Waals surface area contributed by atoms with Crippen molar-refractivity contribution in [3.8, 4) is 0 Å². The minimum absolute atomic E-state index is 0.178. The Bertz CT molecular complexity index is 930. The number of rotatable bonds is 11. The normalized spacial score (nSPS) is 10.6. The Labute approximate surface area is 196 Å². The number of amides is 2. The number of carbonyl (C=O) groups is 2. The third kappa shape index (κ3) is 8.29. The molecule has 0 aliphatic rings. The smallest absolute Gasteiger partial charge is 0.254 e. The fourth-order valence-electron chi connectivity index (χ4n) is 3.06. The van der Waals surface area contributed by atoms with Gasteiger partial charge >= 0.3 is 0 Å². The Morgan fingerprint density at radius 3 is 2.36 bits per heavy atom. The molecule has 9 nitrogen and oxygen atoms in total. The van der Waals surface area contributed by atoms with Gasteiger partial charge in [-0.25, -0.2) is 9.99 Å². The van der Waals surface area contributed by atoms with Gasteiger partial charge in [0.25, 0.3) is 5.91 Å². The first kappa shape index (κ1) is 27.2. The number of carbonyl (C=O) groups excluding carboxylic acids is 2. The van der Waals surface area contributed by atoms with Gasteiger partial charge in [0.05, 0.1) is 11.3 Å². The summed E-state index contributed by atoms with van der Waals surface area (Å²) in [4.78, 5) is 25.9. The molecule has 4 N–H and O–H groups in total. The molecule has 0 atom stereocenters. The van der Waals surface area contributed by atoms with Crippen molar-refractivity contribution >= 4 is 30.5 Å². The molecule has 1 heterocycles. The first-order valence-electron chi connectivity index (χ1n) is 10.7. The van der Waals surface area contributed by atoms with Crippen molar-refractivity contribution in [1.29, 1.82) is 0 Å². The molecular formula is C24H35N7O2. The summed E-state index contributed by atoms with van der Waals surface area (Å²) in [6, 6.07) is 11.6. The molecule has 0 saturated heterocycles. The lowest BCUT2D eigenvalue weighted by Gasteiger charge is -2.24. The SMILES string of the molecule is C=NN(/C(NC)=C(/C)Cc1cnc(NC)c(C(=O)NC)c1)c1ccccc1.CCCNC=O. The van der Waals surface area contributed by atoms with Crippen LogP contribution in [0.1, 0.15) is 36.2 Å². The van der Waals surface area contributed by atoms with Crippen molar-refractivity contribution in [3.05, 3.63) is 65.1 Å². The number of pyridine rings is 1. The number of hydrogen-bond donors (Lipinski definition) is 4. The molecule has 1 aromatic carbocycles. The molecule has 2 aromatic rings. The second kappa shape index (κ2) is 15.0. The van der Waals surface area contributed by atoms with E-state index in [-0.39, 0.29) is 5.91 Å². The van der Waals surface area contributed by atoms with E-state index in [1.165, 1.54) is 0 Å². The van der Waals surface area contributed by atoms with Gasteiger partial charge in [0.1, 0.15) is 11.6 Å². The molecule has 0 saturated carbocycles. The van der Waals surface area contributed by atoms with Crippen LogP contribution in [0.15, 0.2) is 59.1 Å². The molecule has 33 heavy (non-hydrogen) atoms. The molecule has 0 aliphatic heterocycles. The zero-order valence-corrected chi connectivity index (χ0v) is 20.1. The first-order valence-corrected chi connectivity index (χ1v) is 10.7. The van der Waals surface area contributed by atoms with Crippen LogP contribution in [0.2, 0.25) is 0 Å². The maximum absolute atomic E-state index is 12.1. The number of anilines is 2. The van der Waals surface area contributed by atoms with Gasteiger partial charge in [-0.1, -0.05) is 25.1 Å². The third-order valence-electron chi connectivity index (χ3n) is 4.59. The fraction of sp³-hybridized carbons (Fsp3) is 0.333. The van der Waals surface area contributed by atoms with Gasteiger partial charge in [0.2, 0.25) is 6.41 Å². The predicted molar refractivity (Wildman–Crippen MR) is 135 cm³/mol. The summed E-state index contributed by atoms with van der Waals surface area (Å²) in [6.07, 6.45) is 4.10. The van der Waals surface area contributed by atoms with E-state index in [0.717, 1.165) is 35.6 Å². The average molecular weight is 454 g/mol. The van der Waals surface area contributed by atoms with Crippen LogP contribution in [0.4, 0.5) is 11.5 Å². The number of allylic oxidation sites excluding steroid dienone is 1. The molecule has 1 aromatic heterocycles. The summed E-state index contributed by atoms with van der Waals surface area (Å²) in [5.74, 6) is 1.20. The molecule has 0 fully saturated rings. The number of aromatic nitrogens is 1.